The third kappa shape index (κ3) is 3.58. The lowest BCUT2D eigenvalue weighted by atomic mass is 10.2. The maximum Gasteiger partial charge on any atom is 0.237 e. The van der Waals surface area contributed by atoms with Gasteiger partial charge in [-0.3, -0.25) is 8.87 Å². The molecule has 1 saturated heterocycles. The average Bonchev–Trinajstić information content (AvgIpc) is 3.07. The first-order chi connectivity index (χ1) is 13.6. The first kappa shape index (κ1) is 18.5. The number of para-hydroxylation sites is 1. The highest BCUT2D eigenvalue weighted by atomic mass is 32.2. The Labute approximate surface area is 163 Å². The first-order valence-corrected chi connectivity index (χ1v) is 10.6. The Kier molecular flexibility index (Phi) is 5.01. The van der Waals surface area contributed by atoms with Crippen molar-refractivity contribution in [2.24, 2.45) is 0 Å². The minimum atomic E-state index is -3.43. The predicted octanol–water partition coefficient (Wildman–Crippen LogP) is 1.68. The zero-order valence-corrected chi connectivity index (χ0v) is 16.3. The van der Waals surface area contributed by atoms with E-state index in [0.29, 0.717) is 37.2 Å². The number of rotatable bonds is 4. The number of aromatic nitrogens is 3. The SMILES string of the molecule is COc1ccc(-c2nc(N3CCNCCS3(=O)=O)cn2-c2ccccc2)cn1. The molecule has 9 heteroatoms. The summed E-state index contributed by atoms with van der Waals surface area (Å²) in [5.41, 5.74) is 1.65. The van der Waals surface area contributed by atoms with E-state index in [-0.39, 0.29) is 5.75 Å². The molecule has 4 rings (SSSR count). The molecule has 0 bridgehead atoms. The largest absolute Gasteiger partial charge is 0.481 e. The molecule has 1 aliphatic heterocycles. The van der Waals surface area contributed by atoms with E-state index in [0.717, 1.165) is 11.3 Å². The lowest BCUT2D eigenvalue weighted by Crippen LogP contribution is -2.34. The highest BCUT2D eigenvalue weighted by Crippen LogP contribution is 2.28. The quantitative estimate of drug-likeness (QED) is 0.718. The molecule has 0 atom stereocenters. The fourth-order valence-electron chi connectivity index (χ4n) is 3.12. The van der Waals surface area contributed by atoms with E-state index in [1.807, 2.05) is 41.0 Å². The normalized spacial score (nSPS) is 16.5. The molecule has 0 unspecified atom stereocenters. The Bertz CT molecular complexity index is 1050. The van der Waals surface area contributed by atoms with Crippen molar-refractivity contribution in [3.8, 4) is 23.0 Å². The fraction of sp³-hybridized carbons (Fsp3) is 0.263. The molecular formula is C19H21N5O3S. The maximum atomic E-state index is 12.7. The highest BCUT2D eigenvalue weighted by molar-refractivity contribution is 7.92. The van der Waals surface area contributed by atoms with E-state index in [1.165, 1.54) is 4.31 Å². The van der Waals surface area contributed by atoms with Crippen molar-refractivity contribution in [3.05, 3.63) is 54.9 Å². The number of hydrogen-bond donors (Lipinski definition) is 1. The molecule has 0 aliphatic carbocycles. The number of nitrogens with one attached hydrogen (secondary N) is 1. The van der Waals surface area contributed by atoms with Gasteiger partial charge >= 0.3 is 0 Å². The molecular weight excluding hydrogens is 378 g/mol. The van der Waals surface area contributed by atoms with Crippen LogP contribution in [0.25, 0.3) is 17.1 Å². The van der Waals surface area contributed by atoms with Crippen molar-refractivity contribution in [1.82, 2.24) is 19.9 Å². The summed E-state index contributed by atoms with van der Waals surface area (Å²) in [7, 11) is -1.87. The van der Waals surface area contributed by atoms with Crippen LogP contribution in [-0.4, -0.2) is 55.4 Å². The number of pyridine rings is 1. The minimum Gasteiger partial charge on any atom is -0.481 e. The highest BCUT2D eigenvalue weighted by Gasteiger charge is 2.27. The number of nitrogens with zero attached hydrogens (tertiary/aromatic N) is 4. The van der Waals surface area contributed by atoms with Crippen molar-refractivity contribution >= 4 is 15.8 Å². The summed E-state index contributed by atoms with van der Waals surface area (Å²) in [6, 6.07) is 13.3. The second-order valence-electron chi connectivity index (χ2n) is 6.36. The summed E-state index contributed by atoms with van der Waals surface area (Å²) in [5, 5.41) is 3.12. The summed E-state index contributed by atoms with van der Waals surface area (Å²) in [4.78, 5) is 8.93. The summed E-state index contributed by atoms with van der Waals surface area (Å²) in [6.45, 7) is 1.36. The molecule has 1 N–H and O–H groups in total. The third-order valence-corrected chi connectivity index (χ3v) is 6.31. The van der Waals surface area contributed by atoms with E-state index in [4.69, 9.17) is 4.74 Å². The molecule has 3 heterocycles. The van der Waals surface area contributed by atoms with Crippen LogP contribution in [0.3, 0.4) is 0 Å². The van der Waals surface area contributed by atoms with Gasteiger partial charge in [-0.1, -0.05) is 18.2 Å². The molecule has 0 amide bonds. The average molecular weight is 399 g/mol. The second-order valence-corrected chi connectivity index (χ2v) is 8.37. The number of anilines is 1. The van der Waals surface area contributed by atoms with Gasteiger partial charge in [0.25, 0.3) is 0 Å². The van der Waals surface area contributed by atoms with Crippen LogP contribution in [-0.2, 0) is 10.0 Å². The van der Waals surface area contributed by atoms with Crippen LogP contribution in [0.5, 0.6) is 5.88 Å². The smallest absolute Gasteiger partial charge is 0.237 e. The summed E-state index contributed by atoms with van der Waals surface area (Å²) >= 11 is 0. The molecule has 1 aliphatic rings. The van der Waals surface area contributed by atoms with Gasteiger partial charge in [0.2, 0.25) is 15.9 Å². The molecule has 0 saturated carbocycles. The summed E-state index contributed by atoms with van der Waals surface area (Å²) in [5.74, 6) is 1.56. The lowest BCUT2D eigenvalue weighted by Gasteiger charge is -2.18. The molecule has 1 fully saturated rings. The topological polar surface area (TPSA) is 89.4 Å². The first-order valence-electron chi connectivity index (χ1n) is 8.95. The van der Waals surface area contributed by atoms with Gasteiger partial charge in [-0.05, 0) is 18.2 Å². The zero-order valence-electron chi connectivity index (χ0n) is 15.4. The van der Waals surface area contributed by atoms with Crippen LogP contribution in [0, 0.1) is 0 Å². The molecule has 0 radical (unpaired) electrons. The molecule has 146 valence electrons. The zero-order chi connectivity index (χ0) is 19.6. The lowest BCUT2D eigenvalue weighted by molar-refractivity contribution is 0.398. The van der Waals surface area contributed by atoms with Crippen molar-refractivity contribution in [2.45, 2.75) is 0 Å². The molecule has 28 heavy (non-hydrogen) atoms. The van der Waals surface area contributed by atoms with E-state index < -0.39 is 10.0 Å². The predicted molar refractivity (Wildman–Crippen MR) is 107 cm³/mol. The van der Waals surface area contributed by atoms with Gasteiger partial charge in [-0.15, -0.1) is 0 Å². The van der Waals surface area contributed by atoms with Crippen molar-refractivity contribution in [2.75, 3.05) is 36.8 Å². The Morgan fingerprint density at radius 3 is 2.64 bits per heavy atom. The van der Waals surface area contributed by atoms with Crippen LogP contribution in [0.1, 0.15) is 0 Å². The second kappa shape index (κ2) is 7.61. The van der Waals surface area contributed by atoms with Gasteiger partial charge in [-0.25, -0.2) is 18.4 Å². The standard InChI is InChI=1S/C19H21N5O3S/c1-27-18-8-7-15(13-21-18)19-22-17(14-23(19)16-5-3-2-4-6-16)24-11-9-20-10-12-28(24,25)26/h2-8,13-14,20H,9-12H2,1H3. The van der Waals surface area contributed by atoms with Crippen LogP contribution >= 0.6 is 0 Å². The van der Waals surface area contributed by atoms with Crippen LogP contribution in [0.2, 0.25) is 0 Å². The Balaban J connectivity index is 1.84. The van der Waals surface area contributed by atoms with E-state index >= 15 is 0 Å². The Morgan fingerprint density at radius 1 is 1.11 bits per heavy atom. The number of hydrogen-bond acceptors (Lipinski definition) is 6. The van der Waals surface area contributed by atoms with Gasteiger partial charge in [0, 0.05) is 43.1 Å². The fourth-order valence-corrected chi connectivity index (χ4v) is 4.49. The minimum absolute atomic E-state index is 0.0463. The van der Waals surface area contributed by atoms with Crippen LogP contribution in [0.4, 0.5) is 5.82 Å². The maximum absolute atomic E-state index is 12.7. The van der Waals surface area contributed by atoms with E-state index in [9.17, 15) is 8.42 Å². The molecule has 2 aromatic heterocycles. The van der Waals surface area contributed by atoms with E-state index in [2.05, 4.69) is 15.3 Å². The summed E-state index contributed by atoms with van der Waals surface area (Å²) in [6.07, 6.45) is 3.43. The molecule has 0 spiro atoms. The number of methoxy groups -OCH3 is 1. The molecule has 3 aromatic rings. The van der Waals surface area contributed by atoms with Gasteiger partial charge < -0.3 is 10.1 Å². The Morgan fingerprint density at radius 2 is 1.93 bits per heavy atom. The van der Waals surface area contributed by atoms with Crippen LogP contribution in [0.15, 0.2) is 54.9 Å². The van der Waals surface area contributed by atoms with Gasteiger partial charge in [0.1, 0.15) is 5.82 Å². The van der Waals surface area contributed by atoms with E-state index in [1.54, 1.807) is 25.6 Å². The number of imidazole rings is 1. The van der Waals surface area contributed by atoms with Crippen molar-refractivity contribution < 1.29 is 13.2 Å². The van der Waals surface area contributed by atoms with Gasteiger partial charge in [0.05, 0.1) is 19.1 Å². The third-order valence-electron chi connectivity index (χ3n) is 4.55. The number of sulfonamides is 1. The number of benzene rings is 1. The monoisotopic (exact) mass is 399 g/mol. The van der Waals surface area contributed by atoms with Crippen LogP contribution < -0.4 is 14.4 Å². The summed E-state index contributed by atoms with van der Waals surface area (Å²) < 4.78 is 33.8. The Hall–Kier alpha value is -2.91. The molecule has 1 aromatic carbocycles. The van der Waals surface area contributed by atoms with Crippen molar-refractivity contribution in [1.29, 1.82) is 0 Å². The van der Waals surface area contributed by atoms with Gasteiger partial charge in [-0.2, -0.15) is 0 Å². The van der Waals surface area contributed by atoms with Crippen molar-refractivity contribution in [3.63, 3.8) is 0 Å². The van der Waals surface area contributed by atoms with Gasteiger partial charge in [0.15, 0.2) is 5.82 Å². The number of ether oxygens (including phenoxy) is 1. The molecule has 8 nitrogen and oxygen atoms in total.